The average molecular weight is 2000 g/mol. The standard InChI is InChI=1S/C16H25NO.C16H24O.C16H26O.C15H23NO.C15H19N.C15H24.2C14H18N2.C14H18O/c1-13(18)10-11-17(5)12-14-6-8-15(9-7-14)16(2,3)4;1-13(17)7-5-6-8-14-9-11-15(12-10-14)16(2,3)4;1-5-15(17)8-6-7-13-9-11-14(12-10-13)16(2,3)4;1-12(17)10-16(5)11-13-6-8-14(9-7-13)15(2,3)4;1-15(2,3)14-8-6-13(7-9-14)12-16-10-4-5-11-16;1-12(2)6-7-13-8-10-14(11-9-13)15(3,4)5;2*1-14(2,3)13-7-5-12(6-8-13)11-16-10-4-9-15-16;1-11(15)5-6-12-7-9-13(10-8-12)14(2,3)4/h6-9H,10-12H2,1-5H3;9-12H,5-8H2,1-4H3;9-12,15,17H,5-8H2,1-4H3;6-9H,10-11H2,1-5H3;4-11H,12H2,1-3H3;8-12H,6-7H2,1-5H3;2*4-10H,11H2,1-3H3;5-10H,1-4H3/b;;;;;;;;6-5+. The minimum Gasteiger partial charge on any atom is -0.393 e. The Balaban J connectivity index is 0.000000345. The number of carbonyl (C=O) groups excluding carboxylic acids is 4. The molecule has 0 fully saturated rings. The summed E-state index contributed by atoms with van der Waals surface area (Å²) >= 11 is 0. The third kappa shape index (κ3) is 55.2. The van der Waals surface area contributed by atoms with Crippen LogP contribution in [-0.2, 0) is 120 Å². The van der Waals surface area contributed by atoms with E-state index >= 15 is 0 Å². The molecular weight excluding hydrogens is 1800 g/mol. The number of allylic oxidation sites excluding steroid dienone is 1. The highest BCUT2D eigenvalue weighted by molar-refractivity contribution is 5.91. The SMILES string of the molecule is CC(=O)/C=C/c1ccc(C(C)(C)C)cc1.CC(=O)CCCCc1ccc(C(C)(C)C)cc1.CC(=O)CCN(C)Cc1ccc(C(C)(C)C)cc1.CC(=O)CN(C)Cc1ccc(C(C)(C)C)cc1.CC(C)(C)c1ccc(Cn2cccc2)cc1.CC(C)(C)c1ccc(Cn2cccn2)cc1.CC(C)(C)c1ccc(Cn2cccn2)cc1.CC(C)CCc1ccc(C(C)(C)C)cc1.CCC(O)CCCc1ccc(C(C)(C)C)cc1. The number of Topliss-reactive ketones (excluding diaryl/α,β-unsaturated/α-hetero) is 3. The third-order valence-corrected chi connectivity index (χ3v) is 25.7. The number of nitrogens with zero attached hydrogens (tertiary/aromatic N) is 7. The fraction of sp³-hybridized carbons (Fsp3) is 0.481. The normalized spacial score (nSPS) is 12.0. The Morgan fingerprint density at radius 2 is 0.599 bits per heavy atom. The smallest absolute Gasteiger partial charge is 0.152 e. The fourth-order valence-corrected chi connectivity index (χ4v) is 15.6. The topological polar surface area (TPSA) is 136 Å². The van der Waals surface area contributed by atoms with E-state index in [-0.39, 0.29) is 72.2 Å². The summed E-state index contributed by atoms with van der Waals surface area (Å²) in [5.41, 5.74) is 26.1. The van der Waals surface area contributed by atoms with Gasteiger partial charge in [-0.05, 0) is 285 Å². The second-order valence-electron chi connectivity index (χ2n) is 50.0. The van der Waals surface area contributed by atoms with Crippen molar-refractivity contribution in [2.45, 2.75) is 394 Å². The summed E-state index contributed by atoms with van der Waals surface area (Å²) in [6.45, 7) is 79.0. The van der Waals surface area contributed by atoms with Crippen LogP contribution >= 0.6 is 0 Å². The highest BCUT2D eigenvalue weighted by Gasteiger charge is 2.22. The molecule has 0 bridgehead atoms. The van der Waals surface area contributed by atoms with Crippen molar-refractivity contribution in [3.05, 3.63) is 386 Å². The molecule has 12 aromatic rings. The van der Waals surface area contributed by atoms with E-state index in [0.717, 1.165) is 102 Å². The third-order valence-electron chi connectivity index (χ3n) is 25.7. The zero-order valence-corrected chi connectivity index (χ0v) is 98.3. The Bertz CT molecular complexity index is 5430. The fourth-order valence-electron chi connectivity index (χ4n) is 15.6. The van der Waals surface area contributed by atoms with Crippen LogP contribution in [0.15, 0.2) is 286 Å². The van der Waals surface area contributed by atoms with Gasteiger partial charge in [-0.2, -0.15) is 10.2 Å². The number of carbonyl (C=O) groups is 4. The lowest BCUT2D eigenvalue weighted by Crippen LogP contribution is -2.23. The van der Waals surface area contributed by atoms with E-state index in [0.29, 0.717) is 18.7 Å². The van der Waals surface area contributed by atoms with Crippen LogP contribution in [0.2, 0.25) is 0 Å². The number of hydrogen-bond acceptors (Lipinski definition) is 9. The van der Waals surface area contributed by atoms with Crippen molar-refractivity contribution < 1.29 is 24.3 Å². The molecule has 0 aliphatic heterocycles. The summed E-state index contributed by atoms with van der Waals surface area (Å²) in [6, 6.07) is 87.1. The number of benzene rings is 9. The molecule has 0 saturated carbocycles. The van der Waals surface area contributed by atoms with Gasteiger partial charge in [0.1, 0.15) is 17.3 Å². The number of likely N-dealkylation sites (N-methyl/N-ethyl adjacent to an activating group) is 1. The molecule has 3 heterocycles. The molecule has 12 nitrogen and oxygen atoms in total. The highest BCUT2D eigenvalue weighted by Crippen LogP contribution is 2.32. The summed E-state index contributed by atoms with van der Waals surface area (Å²) in [6.07, 6.45) is 26.1. The Labute approximate surface area is 894 Å². The second kappa shape index (κ2) is 61.8. The van der Waals surface area contributed by atoms with E-state index in [2.05, 4.69) is 458 Å². The first-order chi connectivity index (χ1) is 68.3. The highest BCUT2D eigenvalue weighted by atomic mass is 16.3. The van der Waals surface area contributed by atoms with Gasteiger partial charge < -0.3 is 19.4 Å². The number of hydrogen-bond donors (Lipinski definition) is 1. The predicted octanol–water partition coefficient (Wildman–Crippen LogP) is 33.2. The van der Waals surface area contributed by atoms with E-state index in [1.54, 1.807) is 33.8 Å². The lowest BCUT2D eigenvalue weighted by atomic mass is 9.86. The first-order valence-corrected chi connectivity index (χ1v) is 54.0. The van der Waals surface area contributed by atoms with Crippen molar-refractivity contribution in [3.8, 4) is 0 Å². The molecule has 0 aliphatic rings. The number of ketones is 4. The van der Waals surface area contributed by atoms with Crippen LogP contribution in [0.5, 0.6) is 0 Å². The molecule has 1 unspecified atom stereocenters. The van der Waals surface area contributed by atoms with Crippen LogP contribution in [-0.4, -0.2) is 95.5 Å². The van der Waals surface area contributed by atoms with Gasteiger partial charge in [0.2, 0.25) is 0 Å². The summed E-state index contributed by atoms with van der Waals surface area (Å²) < 4.78 is 6.06. The minimum atomic E-state index is -0.121. The monoisotopic (exact) mass is 1990 g/mol. The van der Waals surface area contributed by atoms with Crippen LogP contribution in [0.3, 0.4) is 0 Å². The number of rotatable bonds is 30. The van der Waals surface area contributed by atoms with Gasteiger partial charge in [-0.1, -0.05) is 432 Å². The van der Waals surface area contributed by atoms with E-state index < -0.39 is 0 Å². The molecule has 0 amide bonds. The van der Waals surface area contributed by atoms with Crippen molar-refractivity contribution >= 4 is 29.2 Å². The Morgan fingerprint density at radius 1 is 0.320 bits per heavy atom. The Kier molecular flexibility index (Phi) is 53.9. The van der Waals surface area contributed by atoms with Crippen LogP contribution in [0.25, 0.3) is 6.08 Å². The number of unbranched alkanes of at least 4 members (excludes halogenated alkanes) is 1. The van der Waals surface area contributed by atoms with Crippen molar-refractivity contribution in [2.75, 3.05) is 27.2 Å². The molecule has 1 N–H and O–H groups in total. The number of aromatic nitrogens is 5. The predicted molar refractivity (Wildman–Crippen MR) is 631 cm³/mol. The first-order valence-electron chi connectivity index (χ1n) is 54.0. The first kappa shape index (κ1) is 128. The van der Waals surface area contributed by atoms with Gasteiger partial charge in [0.25, 0.3) is 0 Å². The molecule has 147 heavy (non-hydrogen) atoms. The number of aliphatic hydroxyl groups excluding tert-OH is 1. The van der Waals surface area contributed by atoms with Gasteiger partial charge in [0.05, 0.1) is 25.7 Å². The van der Waals surface area contributed by atoms with Crippen LogP contribution in [0, 0.1) is 5.92 Å². The van der Waals surface area contributed by atoms with Crippen molar-refractivity contribution in [3.63, 3.8) is 0 Å². The van der Waals surface area contributed by atoms with E-state index in [1.807, 2.05) is 83.4 Å². The molecule has 0 saturated heterocycles. The Morgan fingerprint density at radius 3 is 0.871 bits per heavy atom. The van der Waals surface area contributed by atoms with Gasteiger partial charge in [-0.15, -0.1) is 0 Å². The zero-order valence-electron chi connectivity index (χ0n) is 98.3. The molecular formula is C135H195N7O5. The maximum absolute atomic E-state index is 11.0. The maximum atomic E-state index is 11.0. The maximum Gasteiger partial charge on any atom is 0.152 e. The molecule has 12 rings (SSSR count). The summed E-state index contributed by atoms with van der Waals surface area (Å²) in [5.74, 6) is 1.64. The van der Waals surface area contributed by atoms with Crippen LogP contribution in [0.4, 0.5) is 0 Å². The lowest BCUT2D eigenvalue weighted by Gasteiger charge is -2.20. The molecule has 9 aromatic carbocycles. The summed E-state index contributed by atoms with van der Waals surface area (Å²) in [4.78, 5) is 47.7. The van der Waals surface area contributed by atoms with Gasteiger partial charge in [0.15, 0.2) is 5.78 Å². The van der Waals surface area contributed by atoms with E-state index in [4.69, 9.17) is 0 Å². The average Bonchev–Trinajstić information content (AvgIpc) is 1.78. The largest absolute Gasteiger partial charge is 0.393 e. The molecule has 3 aromatic heterocycles. The lowest BCUT2D eigenvalue weighted by molar-refractivity contribution is -0.118. The van der Waals surface area contributed by atoms with E-state index in [1.165, 1.54) is 107 Å². The molecule has 0 aliphatic carbocycles. The van der Waals surface area contributed by atoms with Crippen LogP contribution in [0.1, 0.15) is 387 Å². The minimum absolute atomic E-state index is 0.0786. The summed E-state index contributed by atoms with van der Waals surface area (Å²) in [7, 11) is 4.03. The van der Waals surface area contributed by atoms with Gasteiger partial charge in [-0.25, -0.2) is 0 Å². The quantitative estimate of drug-likeness (QED) is 0.0345. The van der Waals surface area contributed by atoms with E-state index in [9.17, 15) is 24.3 Å². The zero-order chi connectivity index (χ0) is 110. The molecule has 800 valence electrons. The number of aliphatic hydroxyl groups is 1. The van der Waals surface area contributed by atoms with Gasteiger partial charge in [-0.3, -0.25) is 28.6 Å². The molecule has 1 atom stereocenters. The number of aryl methyl sites for hydroxylation is 3. The van der Waals surface area contributed by atoms with Gasteiger partial charge in [0, 0.05) is 76.2 Å². The molecule has 12 heteroatoms. The summed E-state index contributed by atoms with van der Waals surface area (Å²) in [5, 5.41) is 17.9. The van der Waals surface area contributed by atoms with Gasteiger partial charge >= 0.3 is 0 Å². The molecule has 0 radical (unpaired) electrons. The Hall–Kier alpha value is -11.0. The van der Waals surface area contributed by atoms with Crippen molar-refractivity contribution in [1.29, 1.82) is 0 Å². The van der Waals surface area contributed by atoms with Crippen LogP contribution < -0.4 is 0 Å². The van der Waals surface area contributed by atoms with Crippen molar-refractivity contribution in [1.82, 2.24) is 33.9 Å². The molecule has 0 spiro atoms. The second-order valence-corrected chi connectivity index (χ2v) is 50.0. The van der Waals surface area contributed by atoms with Crippen molar-refractivity contribution in [2.24, 2.45) is 5.92 Å².